The number of allylic oxidation sites excluding steroid dienone is 1. The minimum absolute atomic E-state index is 0.00404. The molecule has 8 fully saturated rings. The minimum Gasteiger partial charge on any atom is -0.456 e. The van der Waals surface area contributed by atoms with Crippen LogP contribution in [0.25, 0.3) is 0 Å². The van der Waals surface area contributed by atoms with E-state index in [2.05, 4.69) is 17.6 Å². The molecule has 0 radical (unpaired) electrons. The fourth-order valence-electron chi connectivity index (χ4n) is 14.3. The summed E-state index contributed by atoms with van der Waals surface area (Å²) in [5, 5.41) is 52.9. The number of piperidine rings is 2. The van der Waals surface area contributed by atoms with Gasteiger partial charge in [-0.25, -0.2) is 4.79 Å². The number of fused-ring (bicyclic) bond motifs is 7. The lowest BCUT2D eigenvalue weighted by atomic mass is 9.51. The molecule has 0 aromatic carbocycles. The van der Waals surface area contributed by atoms with Crippen molar-refractivity contribution in [1.82, 2.24) is 10.6 Å². The number of nitrogens with two attached hydrogens (primary N) is 2. The van der Waals surface area contributed by atoms with Crippen LogP contribution in [-0.2, 0) is 23.8 Å². The molecule has 3 aliphatic carbocycles. The molecule has 322 valence electrons. The highest BCUT2D eigenvalue weighted by atomic mass is 16.6. The minimum atomic E-state index is -1.12. The Labute approximate surface area is 338 Å². The monoisotopic (exact) mass is 801 g/mol. The molecule has 17 unspecified atom stereocenters. The smallest absolute Gasteiger partial charge is 0.333 e. The van der Waals surface area contributed by atoms with Crippen molar-refractivity contribution in [2.24, 2.45) is 82.5 Å². The van der Waals surface area contributed by atoms with Crippen LogP contribution in [0, 0.1) is 71.0 Å². The Bertz CT molecular complexity index is 1480. The van der Waals surface area contributed by atoms with E-state index in [1.54, 1.807) is 13.0 Å². The van der Waals surface area contributed by atoms with Crippen LogP contribution in [0.4, 0.5) is 0 Å². The van der Waals surface area contributed by atoms with E-state index in [9.17, 15) is 30.0 Å². The fraction of sp³-hybridized carbons (Fsp3) is 0.909. The van der Waals surface area contributed by atoms with Gasteiger partial charge in [0.05, 0.1) is 55.4 Å². The number of aliphatic hydroxyl groups excluding tert-OH is 4. The molecule has 57 heavy (non-hydrogen) atoms. The van der Waals surface area contributed by atoms with Gasteiger partial charge in [-0.1, -0.05) is 12.5 Å². The Morgan fingerprint density at radius 1 is 0.965 bits per heavy atom. The third kappa shape index (κ3) is 7.71. The molecule has 8 rings (SSSR count). The second-order valence-electron chi connectivity index (χ2n) is 20.0. The van der Waals surface area contributed by atoms with Crippen LogP contribution in [0.5, 0.6) is 0 Å². The van der Waals surface area contributed by atoms with E-state index in [4.69, 9.17) is 25.7 Å². The molecule has 0 aromatic heterocycles. The van der Waals surface area contributed by atoms with E-state index >= 15 is 0 Å². The largest absolute Gasteiger partial charge is 0.456 e. The number of carbonyl (C=O) groups excluding carboxylic acids is 2. The van der Waals surface area contributed by atoms with Gasteiger partial charge in [0.25, 0.3) is 0 Å². The standard InChI is InChI=1S/C44H72N4O9/c1-4-21(2)43(54)56-34-17-30-39(53)37-33(52)16-27(19-49)55-41(37)38-36(31(20-50)23-6-5-7-26(51)12-23)28-10-11-47-42(46)29(28)13-24-9-8-22-15-35(45)48-18-25(22)14-32(24)44(34,3)57-40(30)38/h4,22-32,34-42,47-51,53H,5-20,45-46H2,1-3H3/t22?,23?,24?,25?,26?,27?,28?,29?,30?,31-,32-,34+,35?,36?,37?,38?,39?,40?,41?,42?,44+/m1/s1. The molecule has 8 aliphatic rings. The lowest BCUT2D eigenvalue weighted by Gasteiger charge is -2.64. The summed E-state index contributed by atoms with van der Waals surface area (Å²) in [5.74, 6) is -1.79. The molecular formula is C44H72N4O9. The maximum Gasteiger partial charge on any atom is 0.333 e. The molecule has 5 aliphatic heterocycles. The number of hydrogen-bond acceptors (Lipinski definition) is 13. The second-order valence-corrected chi connectivity index (χ2v) is 20.0. The van der Waals surface area contributed by atoms with E-state index in [-0.39, 0.29) is 79.2 Å². The van der Waals surface area contributed by atoms with Gasteiger partial charge in [-0.3, -0.25) is 4.79 Å². The lowest BCUT2D eigenvalue weighted by Crippen LogP contribution is -2.72. The van der Waals surface area contributed by atoms with Gasteiger partial charge in [-0.05, 0) is 151 Å². The number of carbonyl (C=O) groups is 2. The van der Waals surface area contributed by atoms with Gasteiger partial charge in [0.15, 0.2) is 0 Å². The molecule has 21 atom stereocenters. The molecule has 13 nitrogen and oxygen atoms in total. The topological polar surface area (TPSA) is 219 Å². The van der Waals surface area contributed by atoms with Gasteiger partial charge in [0.2, 0.25) is 0 Å². The van der Waals surface area contributed by atoms with Crippen LogP contribution in [0.1, 0.15) is 97.8 Å². The second kappa shape index (κ2) is 17.1. The van der Waals surface area contributed by atoms with Gasteiger partial charge >= 0.3 is 5.97 Å². The lowest BCUT2D eigenvalue weighted by molar-refractivity contribution is -0.313. The van der Waals surface area contributed by atoms with Crippen molar-refractivity contribution in [1.29, 1.82) is 0 Å². The highest BCUT2D eigenvalue weighted by Gasteiger charge is 2.67. The van der Waals surface area contributed by atoms with Crippen molar-refractivity contribution in [3.8, 4) is 0 Å². The SMILES string of the molecule is CC=C(C)C(=O)O[C@H]1CC2C(O)C3C(=O)CC(CO)OC3C3C2O[C@@]1(C)[C@@H]1CC2CNC(N)CC2CCC1CC1C(N)NCCC1C3[C@H](CO)C1CCCC(O)C1. The summed E-state index contributed by atoms with van der Waals surface area (Å²) >= 11 is 0. The summed E-state index contributed by atoms with van der Waals surface area (Å²) in [6.45, 7) is 6.82. The summed E-state index contributed by atoms with van der Waals surface area (Å²) in [6, 6.07) is 0. The zero-order valence-electron chi connectivity index (χ0n) is 34.4. The third-order valence-electron chi connectivity index (χ3n) is 17.2. The Morgan fingerprint density at radius 2 is 1.75 bits per heavy atom. The molecule has 0 spiro atoms. The first-order valence-electron chi connectivity index (χ1n) is 22.6. The summed E-state index contributed by atoms with van der Waals surface area (Å²) in [4.78, 5) is 28.1. The molecule has 0 aromatic rings. The maximum absolute atomic E-state index is 14.3. The predicted molar refractivity (Wildman–Crippen MR) is 212 cm³/mol. The third-order valence-corrected chi connectivity index (χ3v) is 17.2. The first kappa shape index (κ1) is 42.2. The summed E-state index contributed by atoms with van der Waals surface area (Å²) in [6.07, 6.45) is 5.89. The van der Waals surface area contributed by atoms with Crippen molar-refractivity contribution in [3.05, 3.63) is 11.6 Å². The average molecular weight is 801 g/mol. The quantitative estimate of drug-likeness (QED) is 0.143. The normalized spacial score (nSPS) is 50.9. The van der Waals surface area contributed by atoms with E-state index in [1.807, 2.05) is 6.92 Å². The van der Waals surface area contributed by atoms with Crippen molar-refractivity contribution in [2.45, 2.75) is 152 Å². The Kier molecular flexibility index (Phi) is 12.6. The van der Waals surface area contributed by atoms with Crippen LogP contribution < -0.4 is 22.1 Å². The van der Waals surface area contributed by atoms with Gasteiger partial charge in [-0.2, -0.15) is 0 Å². The first-order chi connectivity index (χ1) is 27.4. The molecule has 0 amide bonds. The number of esters is 1. The highest BCUT2D eigenvalue weighted by molar-refractivity contribution is 5.87. The molecular weight excluding hydrogens is 729 g/mol. The Hall–Kier alpha value is -1.52. The number of hydrogen-bond donors (Lipinski definition) is 8. The van der Waals surface area contributed by atoms with Gasteiger partial charge < -0.3 is 56.7 Å². The number of aliphatic hydroxyl groups is 4. The van der Waals surface area contributed by atoms with Gasteiger partial charge in [0, 0.05) is 30.4 Å². The van der Waals surface area contributed by atoms with Crippen LogP contribution in [0.15, 0.2) is 11.6 Å². The van der Waals surface area contributed by atoms with Gasteiger partial charge in [0.1, 0.15) is 17.5 Å². The summed E-state index contributed by atoms with van der Waals surface area (Å²) in [7, 11) is 0. The Morgan fingerprint density at radius 3 is 2.49 bits per heavy atom. The van der Waals surface area contributed by atoms with E-state index in [0.717, 1.165) is 64.3 Å². The summed E-state index contributed by atoms with van der Waals surface area (Å²) in [5.41, 5.74) is 13.3. The summed E-state index contributed by atoms with van der Waals surface area (Å²) < 4.78 is 21.2. The molecule has 5 heterocycles. The van der Waals surface area contributed by atoms with Crippen molar-refractivity contribution < 1.29 is 44.2 Å². The number of rotatable bonds is 6. The molecule has 5 saturated heterocycles. The van der Waals surface area contributed by atoms with Crippen LogP contribution >= 0.6 is 0 Å². The predicted octanol–water partition coefficient (Wildman–Crippen LogP) is 1.97. The zero-order valence-corrected chi connectivity index (χ0v) is 34.4. The number of ether oxygens (including phenoxy) is 3. The number of ketones is 1. The maximum atomic E-state index is 14.3. The highest BCUT2D eigenvalue weighted by Crippen LogP contribution is 2.61. The van der Waals surface area contributed by atoms with E-state index in [1.165, 1.54) is 0 Å². The van der Waals surface area contributed by atoms with Crippen molar-refractivity contribution in [3.63, 3.8) is 0 Å². The average Bonchev–Trinajstić information content (AvgIpc) is 3.37. The van der Waals surface area contributed by atoms with E-state index < -0.39 is 65.9 Å². The fourth-order valence-corrected chi connectivity index (χ4v) is 14.3. The van der Waals surface area contributed by atoms with Crippen molar-refractivity contribution >= 4 is 11.8 Å². The van der Waals surface area contributed by atoms with Crippen molar-refractivity contribution in [2.75, 3.05) is 26.3 Å². The zero-order chi connectivity index (χ0) is 40.3. The van der Waals surface area contributed by atoms with Crippen LogP contribution in [-0.4, -0.2) is 113 Å². The number of Topliss-reactive ketones (excluding diaryl/α,β-unsaturated/α-hetero) is 1. The molecule has 2 bridgehead atoms. The molecule has 3 saturated carbocycles. The Balaban J connectivity index is 1.32. The molecule has 10 N–H and O–H groups in total. The molecule has 13 heteroatoms. The van der Waals surface area contributed by atoms with Gasteiger partial charge in [-0.15, -0.1) is 0 Å². The number of nitrogens with one attached hydrogen (secondary N) is 2. The van der Waals surface area contributed by atoms with Crippen LogP contribution in [0.3, 0.4) is 0 Å². The van der Waals surface area contributed by atoms with Crippen LogP contribution in [0.2, 0.25) is 0 Å². The first-order valence-corrected chi connectivity index (χ1v) is 22.6. The van der Waals surface area contributed by atoms with E-state index in [0.29, 0.717) is 36.8 Å².